The number of nitrogens with one attached hydrogen (secondary N) is 2. The van der Waals surface area contributed by atoms with Crippen LogP contribution in [-0.4, -0.2) is 39.2 Å². The van der Waals surface area contributed by atoms with E-state index in [1.165, 1.54) is 44.1 Å². The van der Waals surface area contributed by atoms with E-state index in [0.717, 1.165) is 36.6 Å². The van der Waals surface area contributed by atoms with Crippen molar-refractivity contribution in [1.82, 2.24) is 20.1 Å². The first-order valence-electron chi connectivity index (χ1n) is 10.4. The number of H-pyrrole nitrogens is 1. The summed E-state index contributed by atoms with van der Waals surface area (Å²) in [7, 11) is 0. The van der Waals surface area contributed by atoms with Gasteiger partial charge in [0.05, 0.1) is 0 Å². The molecular formula is C22H29N5O. The molecule has 0 saturated heterocycles. The first-order valence-corrected chi connectivity index (χ1v) is 10.4. The van der Waals surface area contributed by atoms with Crippen molar-refractivity contribution in [2.75, 3.05) is 18.4 Å². The Hall–Kier alpha value is -2.63. The molecule has 0 bridgehead atoms. The maximum atomic E-state index is 13.0. The summed E-state index contributed by atoms with van der Waals surface area (Å²) in [5.41, 5.74) is 3.19. The third kappa shape index (κ3) is 5.00. The standard InChI is InChI=1S/C22H29N5O/c1-16-23-21(26-25-16)19-8-5-9-20(14-19)24-22(28)27(15-18-10-11-18)13-12-17-6-3-2-4-7-17/h5-6,8-9,14,18H,2-4,7,10-13,15H2,1H3,(H,24,28)(H,23,25,26). The van der Waals surface area contributed by atoms with Gasteiger partial charge in [-0.15, -0.1) is 0 Å². The van der Waals surface area contributed by atoms with E-state index in [2.05, 4.69) is 26.6 Å². The van der Waals surface area contributed by atoms with E-state index in [-0.39, 0.29) is 6.03 Å². The number of amides is 2. The minimum atomic E-state index is -0.00775. The number of carbonyl (C=O) groups is 1. The lowest BCUT2D eigenvalue weighted by atomic mass is 9.97. The molecule has 1 saturated carbocycles. The van der Waals surface area contributed by atoms with Crippen molar-refractivity contribution in [3.63, 3.8) is 0 Å². The molecule has 0 unspecified atom stereocenters. The van der Waals surface area contributed by atoms with Gasteiger partial charge in [0.2, 0.25) is 0 Å². The summed E-state index contributed by atoms with van der Waals surface area (Å²) in [5, 5.41) is 10.1. The maximum Gasteiger partial charge on any atom is 0.321 e. The predicted molar refractivity (Wildman–Crippen MR) is 111 cm³/mol. The van der Waals surface area contributed by atoms with Gasteiger partial charge in [-0.2, -0.15) is 5.10 Å². The van der Waals surface area contributed by atoms with Crippen molar-refractivity contribution in [1.29, 1.82) is 0 Å². The zero-order chi connectivity index (χ0) is 19.3. The minimum Gasteiger partial charge on any atom is -0.324 e. The van der Waals surface area contributed by atoms with Gasteiger partial charge in [-0.3, -0.25) is 5.10 Å². The average Bonchev–Trinajstić information content (AvgIpc) is 3.43. The molecule has 2 amide bonds. The van der Waals surface area contributed by atoms with Gasteiger partial charge in [-0.05, 0) is 69.9 Å². The largest absolute Gasteiger partial charge is 0.324 e. The van der Waals surface area contributed by atoms with Gasteiger partial charge in [-0.25, -0.2) is 9.78 Å². The summed E-state index contributed by atoms with van der Waals surface area (Å²) in [6.07, 6.45) is 10.8. The molecule has 2 N–H and O–H groups in total. The molecule has 0 atom stereocenters. The molecule has 4 rings (SSSR count). The van der Waals surface area contributed by atoms with Crippen molar-refractivity contribution < 1.29 is 4.79 Å². The molecule has 148 valence electrons. The molecule has 2 aliphatic carbocycles. The van der Waals surface area contributed by atoms with Crippen LogP contribution >= 0.6 is 0 Å². The number of anilines is 1. The van der Waals surface area contributed by atoms with Gasteiger partial charge < -0.3 is 10.2 Å². The number of hydrogen-bond acceptors (Lipinski definition) is 3. The highest BCUT2D eigenvalue weighted by atomic mass is 16.2. The fraction of sp³-hybridized carbons (Fsp3) is 0.500. The van der Waals surface area contributed by atoms with E-state index in [1.807, 2.05) is 36.1 Å². The Bertz CT molecular complexity index is 852. The number of carbonyl (C=O) groups excluding carboxylic acids is 1. The van der Waals surface area contributed by atoms with Crippen molar-refractivity contribution in [2.24, 2.45) is 5.92 Å². The molecule has 6 nitrogen and oxygen atoms in total. The molecular weight excluding hydrogens is 350 g/mol. The van der Waals surface area contributed by atoms with Crippen molar-refractivity contribution in [3.8, 4) is 11.4 Å². The molecule has 1 heterocycles. The molecule has 0 spiro atoms. The number of urea groups is 1. The Kier molecular flexibility index (Phi) is 5.74. The lowest BCUT2D eigenvalue weighted by Crippen LogP contribution is -2.37. The summed E-state index contributed by atoms with van der Waals surface area (Å²) < 4.78 is 0. The van der Waals surface area contributed by atoms with Crippen LogP contribution in [0.3, 0.4) is 0 Å². The van der Waals surface area contributed by atoms with E-state index in [0.29, 0.717) is 11.7 Å². The van der Waals surface area contributed by atoms with E-state index in [4.69, 9.17) is 0 Å². The molecule has 2 aliphatic rings. The Labute approximate surface area is 166 Å². The molecule has 28 heavy (non-hydrogen) atoms. The molecule has 2 aromatic rings. The fourth-order valence-corrected chi connectivity index (χ4v) is 3.71. The summed E-state index contributed by atoms with van der Waals surface area (Å²) in [5.74, 6) is 2.10. The predicted octanol–water partition coefficient (Wildman–Crippen LogP) is 4.91. The third-order valence-corrected chi connectivity index (χ3v) is 5.52. The highest BCUT2D eigenvalue weighted by molar-refractivity contribution is 5.90. The van der Waals surface area contributed by atoms with Gasteiger partial charge in [0.25, 0.3) is 0 Å². The van der Waals surface area contributed by atoms with E-state index < -0.39 is 0 Å². The monoisotopic (exact) mass is 379 g/mol. The molecule has 0 aliphatic heterocycles. The van der Waals surface area contributed by atoms with Crippen LogP contribution in [0.25, 0.3) is 11.4 Å². The summed E-state index contributed by atoms with van der Waals surface area (Å²) in [6, 6.07) is 7.72. The number of benzene rings is 1. The zero-order valence-corrected chi connectivity index (χ0v) is 16.6. The topological polar surface area (TPSA) is 73.9 Å². The number of aromatic nitrogens is 3. The molecule has 6 heteroatoms. The molecule has 1 fully saturated rings. The number of nitrogens with zero attached hydrogens (tertiary/aromatic N) is 3. The van der Waals surface area contributed by atoms with Crippen LogP contribution in [0, 0.1) is 12.8 Å². The quantitative estimate of drug-likeness (QED) is 0.671. The maximum absolute atomic E-state index is 13.0. The molecule has 0 radical (unpaired) electrons. The smallest absolute Gasteiger partial charge is 0.321 e. The SMILES string of the molecule is Cc1nc(-c2cccc(NC(=O)N(CCC3=CCCCC3)CC3CC3)c2)n[nH]1. The van der Waals surface area contributed by atoms with Crippen LogP contribution in [0.5, 0.6) is 0 Å². The normalized spacial score (nSPS) is 16.5. The Morgan fingerprint density at radius 2 is 2.21 bits per heavy atom. The highest BCUT2D eigenvalue weighted by Gasteiger charge is 2.27. The first-order chi connectivity index (χ1) is 13.7. The van der Waals surface area contributed by atoms with Crippen LogP contribution in [-0.2, 0) is 0 Å². The van der Waals surface area contributed by atoms with E-state index in [9.17, 15) is 4.79 Å². The first kappa shape index (κ1) is 18.7. The van der Waals surface area contributed by atoms with Crippen molar-refractivity contribution >= 4 is 11.7 Å². The minimum absolute atomic E-state index is 0.00775. The van der Waals surface area contributed by atoms with Gasteiger partial charge in [0.1, 0.15) is 5.82 Å². The van der Waals surface area contributed by atoms with E-state index >= 15 is 0 Å². The van der Waals surface area contributed by atoms with Gasteiger partial charge in [-0.1, -0.05) is 23.8 Å². The lowest BCUT2D eigenvalue weighted by Gasteiger charge is -2.24. The van der Waals surface area contributed by atoms with Gasteiger partial charge >= 0.3 is 6.03 Å². The van der Waals surface area contributed by atoms with Gasteiger partial charge in [0.15, 0.2) is 5.82 Å². The zero-order valence-electron chi connectivity index (χ0n) is 16.6. The van der Waals surface area contributed by atoms with Crippen LogP contribution in [0.15, 0.2) is 35.9 Å². The number of hydrogen-bond donors (Lipinski definition) is 2. The van der Waals surface area contributed by atoms with Crippen LogP contribution < -0.4 is 5.32 Å². The second kappa shape index (κ2) is 8.59. The second-order valence-corrected chi connectivity index (χ2v) is 8.00. The summed E-state index contributed by atoms with van der Waals surface area (Å²) in [6.45, 7) is 3.53. The molecule has 1 aromatic carbocycles. The van der Waals surface area contributed by atoms with Crippen LogP contribution in [0.2, 0.25) is 0 Å². The molecule has 1 aromatic heterocycles. The number of rotatable bonds is 7. The fourth-order valence-electron chi connectivity index (χ4n) is 3.71. The third-order valence-electron chi connectivity index (χ3n) is 5.52. The Balaban J connectivity index is 1.41. The summed E-state index contributed by atoms with van der Waals surface area (Å²) >= 11 is 0. The number of aryl methyl sites for hydroxylation is 1. The lowest BCUT2D eigenvalue weighted by molar-refractivity contribution is 0.209. The van der Waals surface area contributed by atoms with Gasteiger partial charge in [0, 0.05) is 24.3 Å². The Morgan fingerprint density at radius 1 is 1.32 bits per heavy atom. The van der Waals surface area contributed by atoms with Crippen LogP contribution in [0.4, 0.5) is 10.5 Å². The number of aromatic amines is 1. The Morgan fingerprint density at radius 3 is 2.93 bits per heavy atom. The second-order valence-electron chi connectivity index (χ2n) is 8.00. The van der Waals surface area contributed by atoms with Crippen LogP contribution in [0.1, 0.15) is 50.8 Å². The van der Waals surface area contributed by atoms with E-state index in [1.54, 1.807) is 0 Å². The van der Waals surface area contributed by atoms with Crippen molar-refractivity contribution in [3.05, 3.63) is 41.7 Å². The highest BCUT2D eigenvalue weighted by Crippen LogP contribution is 2.30. The number of allylic oxidation sites excluding steroid dienone is 1. The van der Waals surface area contributed by atoms with Crippen molar-refractivity contribution in [2.45, 2.75) is 51.9 Å². The summed E-state index contributed by atoms with van der Waals surface area (Å²) in [4.78, 5) is 19.3. The average molecular weight is 380 g/mol.